The van der Waals surface area contributed by atoms with Crippen LogP contribution in [0.25, 0.3) is 10.9 Å². The third kappa shape index (κ3) is 5.22. The molecule has 4 rings (SSSR count). The van der Waals surface area contributed by atoms with Gasteiger partial charge in [-0.05, 0) is 38.8 Å². The second-order valence-electron chi connectivity index (χ2n) is 10.1. The Morgan fingerprint density at radius 3 is 2.80 bits per heavy atom. The maximum absolute atomic E-state index is 12.8. The normalized spacial score (nSPS) is 22.1. The summed E-state index contributed by atoms with van der Waals surface area (Å²) in [5.41, 5.74) is -0.193. The minimum atomic E-state index is -1.07. The van der Waals surface area contributed by atoms with E-state index in [9.17, 15) is 19.5 Å². The van der Waals surface area contributed by atoms with Gasteiger partial charge in [-0.15, -0.1) is 0 Å². The lowest BCUT2D eigenvalue weighted by atomic mass is 9.91. The molecule has 0 spiro atoms. The number of carbonyl (C=O) groups excluding carboxylic acids is 3. The number of anilines is 1. The molecule has 0 aliphatic carbocycles. The lowest BCUT2D eigenvalue weighted by molar-refractivity contribution is -0.150. The SMILES string of the molecule is CN(C[C@@]1(O)CCCN(c2ccnc3ccncc23)C1)C(=O)CCC(=O)N1CCNC(=O)C1(C)C. The molecule has 188 valence electrons. The third-order valence-corrected chi connectivity index (χ3v) is 7.08. The largest absolute Gasteiger partial charge is 0.386 e. The van der Waals surface area contributed by atoms with Gasteiger partial charge in [0.25, 0.3) is 0 Å². The molecule has 2 N–H and O–H groups in total. The van der Waals surface area contributed by atoms with Crippen LogP contribution in [0.2, 0.25) is 0 Å². The van der Waals surface area contributed by atoms with Gasteiger partial charge < -0.3 is 25.1 Å². The van der Waals surface area contributed by atoms with Crippen LogP contribution in [0.1, 0.15) is 39.5 Å². The smallest absolute Gasteiger partial charge is 0.245 e. The maximum atomic E-state index is 12.8. The minimum absolute atomic E-state index is 0.0282. The molecule has 0 saturated carbocycles. The average molecular weight is 483 g/mol. The van der Waals surface area contributed by atoms with Gasteiger partial charge in [-0.3, -0.25) is 24.4 Å². The van der Waals surface area contributed by atoms with Crippen LogP contribution in [-0.4, -0.2) is 93.5 Å². The fraction of sp³-hybridized carbons (Fsp3) is 0.560. The van der Waals surface area contributed by atoms with Crippen LogP contribution in [0.3, 0.4) is 0 Å². The fourth-order valence-corrected chi connectivity index (χ4v) is 5.10. The second-order valence-corrected chi connectivity index (χ2v) is 10.1. The second kappa shape index (κ2) is 9.77. The highest BCUT2D eigenvalue weighted by atomic mass is 16.3. The molecule has 10 nitrogen and oxygen atoms in total. The van der Waals surface area contributed by atoms with Crippen LogP contribution < -0.4 is 10.2 Å². The monoisotopic (exact) mass is 482 g/mol. The van der Waals surface area contributed by atoms with Gasteiger partial charge in [0.1, 0.15) is 5.54 Å². The number of fused-ring (bicyclic) bond motifs is 1. The third-order valence-electron chi connectivity index (χ3n) is 7.08. The fourth-order valence-electron chi connectivity index (χ4n) is 5.10. The molecule has 2 aliphatic heterocycles. The number of aliphatic hydroxyl groups is 1. The predicted octanol–water partition coefficient (Wildman–Crippen LogP) is 0.937. The first-order valence-electron chi connectivity index (χ1n) is 12.1. The summed E-state index contributed by atoms with van der Waals surface area (Å²) in [6.07, 6.45) is 6.67. The highest BCUT2D eigenvalue weighted by Gasteiger charge is 2.40. The van der Waals surface area contributed by atoms with Crippen LogP contribution in [0.4, 0.5) is 5.69 Å². The number of hydrogen-bond donors (Lipinski definition) is 2. The van der Waals surface area contributed by atoms with E-state index < -0.39 is 11.1 Å². The van der Waals surface area contributed by atoms with Gasteiger partial charge in [0.2, 0.25) is 17.7 Å². The first-order valence-corrected chi connectivity index (χ1v) is 12.1. The number of amides is 3. The van der Waals surface area contributed by atoms with Gasteiger partial charge in [-0.25, -0.2) is 0 Å². The summed E-state index contributed by atoms with van der Waals surface area (Å²) in [6.45, 7) is 5.61. The van der Waals surface area contributed by atoms with Crippen LogP contribution in [0.5, 0.6) is 0 Å². The van der Waals surface area contributed by atoms with E-state index >= 15 is 0 Å². The first-order chi connectivity index (χ1) is 16.6. The molecule has 4 heterocycles. The number of β-amino-alcohol motifs (C(OH)–C–C–N with tert-alkyl or cyclic N) is 1. The molecule has 10 heteroatoms. The number of pyridine rings is 2. The number of piperazine rings is 1. The van der Waals surface area contributed by atoms with E-state index in [0.29, 0.717) is 26.1 Å². The number of hydrogen-bond acceptors (Lipinski definition) is 7. The zero-order valence-corrected chi connectivity index (χ0v) is 20.7. The van der Waals surface area contributed by atoms with E-state index in [1.807, 2.05) is 12.1 Å². The summed E-state index contributed by atoms with van der Waals surface area (Å²) in [7, 11) is 1.66. The van der Waals surface area contributed by atoms with Gasteiger partial charge in [0.05, 0.1) is 17.7 Å². The summed E-state index contributed by atoms with van der Waals surface area (Å²) in [5, 5.41) is 15.1. The van der Waals surface area contributed by atoms with Gasteiger partial charge in [-0.2, -0.15) is 0 Å². The van der Waals surface area contributed by atoms with E-state index in [-0.39, 0.29) is 37.1 Å². The van der Waals surface area contributed by atoms with E-state index in [1.165, 1.54) is 4.90 Å². The van der Waals surface area contributed by atoms with Crippen molar-refractivity contribution in [3.05, 3.63) is 30.7 Å². The van der Waals surface area contributed by atoms with E-state index in [0.717, 1.165) is 29.6 Å². The molecule has 3 amide bonds. The Morgan fingerprint density at radius 1 is 1.20 bits per heavy atom. The molecule has 0 bridgehead atoms. The number of rotatable bonds is 6. The maximum Gasteiger partial charge on any atom is 0.245 e. The first kappa shape index (κ1) is 24.8. The summed E-state index contributed by atoms with van der Waals surface area (Å²) in [5.74, 6) is -0.614. The van der Waals surface area contributed by atoms with Crippen LogP contribution in [0, 0.1) is 0 Å². The van der Waals surface area contributed by atoms with Gasteiger partial charge in [0.15, 0.2) is 0 Å². The Bertz CT molecular complexity index is 1120. The molecular formula is C25H34N6O4. The Balaban J connectivity index is 1.36. The molecule has 2 aromatic rings. The molecule has 2 aromatic heterocycles. The zero-order chi connectivity index (χ0) is 25.2. The number of nitrogens with one attached hydrogen (secondary N) is 1. The quantitative estimate of drug-likeness (QED) is 0.629. The molecule has 0 radical (unpaired) electrons. The summed E-state index contributed by atoms with van der Waals surface area (Å²) in [4.78, 5) is 51.5. The van der Waals surface area contributed by atoms with Crippen molar-refractivity contribution < 1.29 is 19.5 Å². The average Bonchev–Trinajstić information content (AvgIpc) is 2.83. The predicted molar refractivity (Wildman–Crippen MR) is 132 cm³/mol. The van der Waals surface area contributed by atoms with Crippen molar-refractivity contribution in [1.29, 1.82) is 0 Å². The van der Waals surface area contributed by atoms with Crippen molar-refractivity contribution in [3.63, 3.8) is 0 Å². The molecule has 2 fully saturated rings. The topological polar surface area (TPSA) is 119 Å². The number of likely N-dealkylation sites (N-methyl/N-ethyl adjacent to an activating group) is 1. The number of piperidine rings is 1. The molecule has 2 aliphatic rings. The number of nitrogens with zero attached hydrogens (tertiary/aromatic N) is 5. The van der Waals surface area contributed by atoms with Crippen LogP contribution in [-0.2, 0) is 14.4 Å². The lowest BCUT2D eigenvalue weighted by Crippen LogP contribution is -2.63. The Kier molecular flexibility index (Phi) is 6.93. The molecule has 0 aromatic carbocycles. The van der Waals surface area contributed by atoms with Gasteiger partial charge in [-0.1, -0.05) is 0 Å². The Morgan fingerprint density at radius 2 is 2.00 bits per heavy atom. The number of aromatic nitrogens is 2. The van der Waals surface area contributed by atoms with Crippen molar-refractivity contribution in [2.45, 2.75) is 50.7 Å². The Labute approximate surface area is 205 Å². The lowest BCUT2D eigenvalue weighted by Gasteiger charge is -2.42. The summed E-state index contributed by atoms with van der Waals surface area (Å²) < 4.78 is 0. The van der Waals surface area contributed by atoms with Crippen molar-refractivity contribution in [2.24, 2.45) is 0 Å². The van der Waals surface area contributed by atoms with Crippen LogP contribution >= 0.6 is 0 Å². The summed E-state index contributed by atoms with van der Waals surface area (Å²) >= 11 is 0. The molecule has 2 saturated heterocycles. The van der Waals surface area contributed by atoms with Gasteiger partial charge in [0, 0.05) is 75.7 Å². The van der Waals surface area contributed by atoms with Crippen molar-refractivity contribution in [1.82, 2.24) is 25.1 Å². The standard InChI is InChI=1S/C25H34N6O4/c1-24(2)23(34)28-12-14-31(24)22(33)6-5-21(32)29(3)16-25(35)9-4-13-30(17-25)20-8-11-27-19-7-10-26-15-18(19)20/h7-8,10-11,15,35H,4-6,9,12-14,16-17H2,1-3H3,(H,28,34)/t25-/m0/s1. The number of carbonyl (C=O) groups is 3. The highest BCUT2D eigenvalue weighted by molar-refractivity contribution is 5.93. The van der Waals surface area contributed by atoms with E-state index in [2.05, 4.69) is 20.2 Å². The molecular weight excluding hydrogens is 448 g/mol. The molecule has 35 heavy (non-hydrogen) atoms. The molecule has 1 atom stereocenters. The van der Waals surface area contributed by atoms with Crippen molar-refractivity contribution >= 4 is 34.3 Å². The van der Waals surface area contributed by atoms with Crippen molar-refractivity contribution in [2.75, 3.05) is 44.7 Å². The molecule has 0 unspecified atom stereocenters. The van der Waals surface area contributed by atoms with Crippen LogP contribution in [0.15, 0.2) is 30.7 Å². The van der Waals surface area contributed by atoms with E-state index in [4.69, 9.17) is 0 Å². The van der Waals surface area contributed by atoms with Gasteiger partial charge >= 0.3 is 0 Å². The zero-order valence-electron chi connectivity index (χ0n) is 20.7. The Hall–Kier alpha value is -3.27. The minimum Gasteiger partial charge on any atom is -0.386 e. The summed E-state index contributed by atoms with van der Waals surface area (Å²) in [6, 6.07) is 3.79. The van der Waals surface area contributed by atoms with E-state index in [1.54, 1.807) is 44.4 Å². The highest BCUT2D eigenvalue weighted by Crippen LogP contribution is 2.31. The van der Waals surface area contributed by atoms with Crippen molar-refractivity contribution in [3.8, 4) is 0 Å².